The second kappa shape index (κ2) is 8.72. The maximum absolute atomic E-state index is 11.0. The van der Waals surface area contributed by atoms with E-state index in [4.69, 9.17) is 14.4 Å². The molecular weight excluding hydrogens is 363 g/mol. The first-order valence-electron chi connectivity index (χ1n) is 10.4. The van der Waals surface area contributed by atoms with Crippen LogP contribution < -0.4 is 0 Å². The summed E-state index contributed by atoms with van der Waals surface area (Å²) >= 11 is 0. The van der Waals surface area contributed by atoms with Crippen LogP contribution in [-0.4, -0.2) is 29.4 Å². The van der Waals surface area contributed by atoms with Gasteiger partial charge in [-0.1, -0.05) is 42.5 Å². The van der Waals surface area contributed by atoms with E-state index in [1.807, 2.05) is 18.2 Å². The van der Waals surface area contributed by atoms with Gasteiger partial charge in [0.1, 0.15) is 0 Å². The second-order valence-corrected chi connectivity index (χ2v) is 8.92. The van der Waals surface area contributed by atoms with Crippen LogP contribution in [0.25, 0.3) is 0 Å². The Hall–Kier alpha value is -2.11. The zero-order valence-corrected chi connectivity index (χ0v) is 17.9. The SMILES string of the molecule is CC1(C)OB(C[C@H](CCCc2ccc(C(=O)O)cc2)c2ccccc2)OC1(C)C. The van der Waals surface area contributed by atoms with Crippen LogP contribution in [0.4, 0.5) is 0 Å². The molecule has 4 nitrogen and oxygen atoms in total. The van der Waals surface area contributed by atoms with Crippen LogP contribution >= 0.6 is 0 Å². The van der Waals surface area contributed by atoms with Crippen molar-refractivity contribution in [2.24, 2.45) is 0 Å². The summed E-state index contributed by atoms with van der Waals surface area (Å²) in [6, 6.07) is 17.7. The van der Waals surface area contributed by atoms with Gasteiger partial charge in [0.05, 0.1) is 16.8 Å². The predicted molar refractivity (Wildman–Crippen MR) is 116 cm³/mol. The van der Waals surface area contributed by atoms with E-state index in [9.17, 15) is 4.79 Å². The van der Waals surface area contributed by atoms with Gasteiger partial charge < -0.3 is 14.4 Å². The van der Waals surface area contributed by atoms with Crippen molar-refractivity contribution in [3.05, 3.63) is 71.3 Å². The summed E-state index contributed by atoms with van der Waals surface area (Å²) in [7, 11) is -0.208. The minimum absolute atomic E-state index is 0.208. The molecule has 2 aromatic carbocycles. The summed E-state index contributed by atoms with van der Waals surface area (Å²) in [5.41, 5.74) is 2.17. The molecule has 0 spiro atoms. The maximum Gasteiger partial charge on any atom is 0.458 e. The Morgan fingerprint density at radius 2 is 1.55 bits per heavy atom. The summed E-state index contributed by atoms with van der Waals surface area (Å²) in [5, 5.41) is 9.04. The Labute approximate surface area is 174 Å². The van der Waals surface area contributed by atoms with E-state index in [2.05, 4.69) is 52.0 Å². The molecule has 154 valence electrons. The fraction of sp³-hybridized carbons (Fsp3) is 0.458. The largest absolute Gasteiger partial charge is 0.478 e. The number of carbonyl (C=O) groups is 1. The number of carboxylic acid groups (broad SMARTS) is 1. The Kier molecular flexibility index (Phi) is 6.50. The van der Waals surface area contributed by atoms with E-state index in [1.165, 1.54) is 5.56 Å². The number of hydrogen-bond donors (Lipinski definition) is 1. The lowest BCUT2D eigenvalue weighted by Gasteiger charge is -2.32. The molecule has 1 fully saturated rings. The van der Waals surface area contributed by atoms with Crippen LogP contribution in [-0.2, 0) is 15.7 Å². The molecule has 5 heteroatoms. The van der Waals surface area contributed by atoms with Crippen LogP contribution in [0.2, 0.25) is 6.32 Å². The quantitative estimate of drug-likeness (QED) is 0.594. The van der Waals surface area contributed by atoms with Crippen LogP contribution in [0, 0.1) is 0 Å². The monoisotopic (exact) mass is 394 g/mol. The van der Waals surface area contributed by atoms with Crippen LogP contribution in [0.5, 0.6) is 0 Å². The van der Waals surface area contributed by atoms with E-state index in [0.29, 0.717) is 11.5 Å². The zero-order valence-electron chi connectivity index (χ0n) is 17.9. The van der Waals surface area contributed by atoms with E-state index < -0.39 is 5.97 Å². The topological polar surface area (TPSA) is 55.8 Å². The van der Waals surface area contributed by atoms with Crippen LogP contribution in [0.15, 0.2) is 54.6 Å². The molecule has 2 aromatic rings. The number of aryl methyl sites for hydroxylation is 1. The van der Waals surface area contributed by atoms with E-state index in [0.717, 1.165) is 31.1 Å². The lowest BCUT2D eigenvalue weighted by molar-refractivity contribution is 0.00578. The first-order chi connectivity index (χ1) is 13.7. The molecule has 0 unspecified atom stereocenters. The first kappa shape index (κ1) is 21.6. The number of hydrogen-bond acceptors (Lipinski definition) is 3. The predicted octanol–water partition coefficient (Wildman–Crippen LogP) is 5.58. The van der Waals surface area contributed by atoms with Gasteiger partial charge in [0.25, 0.3) is 0 Å². The second-order valence-electron chi connectivity index (χ2n) is 8.92. The number of rotatable bonds is 8. The van der Waals surface area contributed by atoms with Gasteiger partial charge in [-0.05, 0) is 82.5 Å². The van der Waals surface area contributed by atoms with E-state index in [1.54, 1.807) is 12.1 Å². The average Bonchev–Trinajstić information content (AvgIpc) is 2.88. The Morgan fingerprint density at radius 3 is 2.10 bits per heavy atom. The molecule has 29 heavy (non-hydrogen) atoms. The smallest absolute Gasteiger partial charge is 0.458 e. The molecule has 0 aromatic heterocycles. The van der Waals surface area contributed by atoms with Crippen molar-refractivity contribution in [1.29, 1.82) is 0 Å². The van der Waals surface area contributed by atoms with Crippen LogP contribution in [0.1, 0.15) is 67.9 Å². The van der Waals surface area contributed by atoms with Gasteiger partial charge in [-0.25, -0.2) is 4.79 Å². The molecule has 0 aliphatic carbocycles. The highest BCUT2D eigenvalue weighted by molar-refractivity contribution is 6.45. The summed E-state index contributed by atoms with van der Waals surface area (Å²) in [4.78, 5) is 11.0. The van der Waals surface area contributed by atoms with Crippen molar-refractivity contribution < 1.29 is 19.2 Å². The third-order valence-corrected chi connectivity index (χ3v) is 6.27. The summed E-state index contributed by atoms with van der Waals surface area (Å²) in [5.74, 6) is -0.535. The summed E-state index contributed by atoms with van der Waals surface area (Å²) in [6.07, 6.45) is 3.79. The molecule has 1 aliphatic heterocycles. The van der Waals surface area contributed by atoms with Gasteiger partial charge in [0.15, 0.2) is 0 Å². The lowest BCUT2D eigenvalue weighted by Crippen LogP contribution is -2.41. The molecule has 0 bridgehead atoms. The highest BCUT2D eigenvalue weighted by Crippen LogP contribution is 2.40. The molecule has 0 radical (unpaired) electrons. The Bertz CT molecular complexity index is 799. The first-order valence-corrected chi connectivity index (χ1v) is 10.4. The molecule has 3 rings (SSSR count). The fourth-order valence-electron chi connectivity index (χ4n) is 3.81. The molecule has 1 heterocycles. The van der Waals surface area contributed by atoms with Crippen molar-refractivity contribution in [2.75, 3.05) is 0 Å². The standard InChI is InChI=1S/C24H31BO4/c1-23(2)24(3,4)29-25(28-23)17-21(19-10-6-5-7-11-19)12-8-9-18-13-15-20(16-14-18)22(26)27/h5-7,10-11,13-16,21H,8-9,12,17H2,1-4H3,(H,26,27)/t21-/m0/s1. The molecule has 1 N–H and O–H groups in total. The molecule has 0 amide bonds. The van der Waals surface area contributed by atoms with Crippen LogP contribution in [0.3, 0.4) is 0 Å². The third kappa shape index (κ3) is 5.28. The Morgan fingerprint density at radius 1 is 0.966 bits per heavy atom. The molecule has 0 saturated carbocycles. The summed E-state index contributed by atoms with van der Waals surface area (Å²) in [6.45, 7) is 8.35. The van der Waals surface area contributed by atoms with Gasteiger partial charge >= 0.3 is 13.1 Å². The minimum atomic E-state index is -0.886. The Balaban J connectivity index is 1.63. The highest BCUT2D eigenvalue weighted by Gasteiger charge is 2.51. The fourth-order valence-corrected chi connectivity index (χ4v) is 3.81. The third-order valence-electron chi connectivity index (χ3n) is 6.27. The zero-order chi connectivity index (χ0) is 21.1. The highest BCUT2D eigenvalue weighted by atomic mass is 16.7. The van der Waals surface area contributed by atoms with Crippen molar-refractivity contribution in [3.63, 3.8) is 0 Å². The van der Waals surface area contributed by atoms with Gasteiger partial charge in [-0.15, -0.1) is 0 Å². The minimum Gasteiger partial charge on any atom is -0.478 e. The van der Waals surface area contributed by atoms with Gasteiger partial charge in [0.2, 0.25) is 0 Å². The lowest BCUT2D eigenvalue weighted by atomic mass is 9.73. The van der Waals surface area contributed by atoms with Gasteiger partial charge in [-0.2, -0.15) is 0 Å². The van der Waals surface area contributed by atoms with Gasteiger partial charge in [-0.3, -0.25) is 0 Å². The molecular formula is C24H31BO4. The summed E-state index contributed by atoms with van der Waals surface area (Å²) < 4.78 is 12.5. The number of carboxylic acids is 1. The normalized spacial score (nSPS) is 18.6. The number of benzene rings is 2. The van der Waals surface area contributed by atoms with Crippen molar-refractivity contribution in [3.8, 4) is 0 Å². The molecule has 1 atom stereocenters. The van der Waals surface area contributed by atoms with Crippen molar-refractivity contribution in [1.82, 2.24) is 0 Å². The van der Waals surface area contributed by atoms with E-state index >= 15 is 0 Å². The molecule has 1 saturated heterocycles. The maximum atomic E-state index is 11.0. The van der Waals surface area contributed by atoms with Crippen molar-refractivity contribution in [2.45, 2.75) is 70.4 Å². The van der Waals surface area contributed by atoms with Gasteiger partial charge in [0, 0.05) is 0 Å². The number of aromatic carboxylic acids is 1. The molecule has 1 aliphatic rings. The average molecular weight is 394 g/mol. The van der Waals surface area contributed by atoms with E-state index in [-0.39, 0.29) is 18.3 Å². The van der Waals surface area contributed by atoms with Crippen molar-refractivity contribution >= 4 is 13.1 Å².